The number of carboxylic acids is 3. The second-order valence-corrected chi connectivity index (χ2v) is 7.14. The molecule has 0 saturated carbocycles. The summed E-state index contributed by atoms with van der Waals surface area (Å²) >= 11 is 0. The Balaban J connectivity index is -0.000000152. The van der Waals surface area contributed by atoms with E-state index in [0.29, 0.717) is 0 Å². The van der Waals surface area contributed by atoms with Crippen molar-refractivity contribution < 1.29 is 29.7 Å². The van der Waals surface area contributed by atoms with Crippen LogP contribution < -0.4 is 0 Å². The number of hydrogen-bond acceptors (Lipinski definition) is 3. The molecule has 4 unspecified atom stereocenters. The van der Waals surface area contributed by atoms with Crippen LogP contribution in [0.1, 0.15) is 99.3 Å². The van der Waals surface area contributed by atoms with E-state index in [2.05, 4.69) is 20.8 Å². The molecular formula is C21H45O6P. The lowest BCUT2D eigenvalue weighted by Gasteiger charge is -2.02. The first kappa shape index (κ1) is 34.4. The van der Waals surface area contributed by atoms with Crippen LogP contribution in [0.25, 0.3) is 0 Å². The average Bonchev–Trinajstić information content (AvgIpc) is 2.62. The van der Waals surface area contributed by atoms with Crippen LogP contribution in [0.4, 0.5) is 0 Å². The highest BCUT2D eigenvalue weighted by Crippen LogP contribution is 2.07. The maximum atomic E-state index is 10.2. The van der Waals surface area contributed by atoms with Gasteiger partial charge in [-0.3, -0.25) is 14.4 Å². The summed E-state index contributed by atoms with van der Waals surface area (Å²) in [6.07, 6.45) is 8.74. The van der Waals surface area contributed by atoms with Gasteiger partial charge in [-0.05, 0) is 19.3 Å². The van der Waals surface area contributed by atoms with Gasteiger partial charge >= 0.3 is 17.9 Å². The summed E-state index contributed by atoms with van der Waals surface area (Å²) in [5.41, 5.74) is 0. The zero-order valence-electron chi connectivity index (χ0n) is 18.9. The Morgan fingerprint density at radius 1 is 0.571 bits per heavy atom. The van der Waals surface area contributed by atoms with Gasteiger partial charge < -0.3 is 15.3 Å². The Kier molecular flexibility index (Phi) is 29.3. The number of aliphatic carboxylic acids is 3. The van der Waals surface area contributed by atoms with Gasteiger partial charge in [-0.1, -0.05) is 80.1 Å². The van der Waals surface area contributed by atoms with Crippen LogP contribution in [0, 0.1) is 17.8 Å². The molecule has 6 nitrogen and oxygen atoms in total. The minimum Gasteiger partial charge on any atom is -0.481 e. The predicted molar refractivity (Wildman–Crippen MR) is 120 cm³/mol. The largest absolute Gasteiger partial charge is 0.481 e. The average molecular weight is 425 g/mol. The van der Waals surface area contributed by atoms with E-state index >= 15 is 0 Å². The van der Waals surface area contributed by atoms with E-state index < -0.39 is 17.9 Å². The lowest BCUT2D eigenvalue weighted by molar-refractivity contribution is -0.142. The van der Waals surface area contributed by atoms with Crippen LogP contribution in [0.5, 0.6) is 0 Å². The molecule has 0 aliphatic rings. The molecule has 0 aromatic carbocycles. The van der Waals surface area contributed by atoms with Gasteiger partial charge in [0, 0.05) is 0 Å². The monoisotopic (exact) mass is 424 g/mol. The number of carboxylic acid groups (broad SMARTS) is 3. The topological polar surface area (TPSA) is 112 Å². The fraction of sp³-hybridized carbons (Fsp3) is 0.857. The fourth-order valence-corrected chi connectivity index (χ4v) is 1.90. The minimum atomic E-state index is -0.677. The van der Waals surface area contributed by atoms with Crippen LogP contribution in [0.3, 0.4) is 0 Å². The van der Waals surface area contributed by atoms with Crippen molar-refractivity contribution in [3.63, 3.8) is 0 Å². The van der Waals surface area contributed by atoms with Gasteiger partial charge in [-0.25, -0.2) is 0 Å². The van der Waals surface area contributed by atoms with E-state index in [9.17, 15) is 14.4 Å². The molecule has 0 spiro atoms. The second kappa shape index (κ2) is 23.9. The maximum Gasteiger partial charge on any atom is 0.306 e. The highest BCUT2D eigenvalue weighted by molar-refractivity contribution is 6.92. The van der Waals surface area contributed by atoms with Gasteiger partial charge in [0.15, 0.2) is 0 Å². The lowest BCUT2D eigenvalue weighted by Crippen LogP contribution is -2.08. The summed E-state index contributed by atoms with van der Waals surface area (Å²) in [5, 5.41) is 25.2. The van der Waals surface area contributed by atoms with Gasteiger partial charge in [-0.2, -0.15) is 9.90 Å². The zero-order valence-corrected chi connectivity index (χ0v) is 20.3. The molecule has 0 aromatic rings. The first-order valence-corrected chi connectivity index (χ1v) is 10.2. The Morgan fingerprint density at radius 3 is 0.857 bits per heavy atom. The summed E-state index contributed by atoms with van der Waals surface area (Å²) in [6, 6.07) is 0. The first-order chi connectivity index (χ1) is 12.5. The van der Waals surface area contributed by atoms with E-state index in [1.54, 1.807) is 20.8 Å². The van der Waals surface area contributed by atoms with Crippen LogP contribution in [-0.4, -0.2) is 33.2 Å². The molecule has 0 aliphatic carbocycles. The van der Waals surface area contributed by atoms with Gasteiger partial charge in [0.05, 0.1) is 17.8 Å². The molecule has 0 aromatic heterocycles. The van der Waals surface area contributed by atoms with Gasteiger partial charge in [0.2, 0.25) is 0 Å². The molecule has 170 valence electrons. The van der Waals surface area contributed by atoms with E-state index in [0.717, 1.165) is 57.8 Å². The van der Waals surface area contributed by atoms with Crippen molar-refractivity contribution in [3.05, 3.63) is 0 Å². The molecule has 0 amide bonds. The lowest BCUT2D eigenvalue weighted by atomic mass is 10.1. The molecule has 28 heavy (non-hydrogen) atoms. The van der Waals surface area contributed by atoms with Crippen molar-refractivity contribution >= 4 is 27.8 Å². The summed E-state index contributed by atoms with van der Waals surface area (Å²) < 4.78 is 0. The van der Waals surface area contributed by atoms with Gasteiger partial charge in [-0.15, -0.1) is 0 Å². The predicted octanol–water partition coefficient (Wildman–Crippen LogP) is 5.75. The summed E-state index contributed by atoms with van der Waals surface area (Å²) in [4.78, 5) is 30.6. The minimum absolute atomic E-state index is 0. The molecular weight excluding hydrogens is 379 g/mol. The molecule has 0 saturated heterocycles. The number of unbranched alkanes of at least 4 members (excludes halogenated alkanes) is 3. The molecule has 7 heteroatoms. The number of hydrogen-bond donors (Lipinski definition) is 3. The highest BCUT2D eigenvalue weighted by atomic mass is 31.0. The van der Waals surface area contributed by atoms with Crippen molar-refractivity contribution in [1.29, 1.82) is 0 Å². The van der Waals surface area contributed by atoms with Crippen LogP contribution >= 0.6 is 9.90 Å². The van der Waals surface area contributed by atoms with Crippen LogP contribution in [0.15, 0.2) is 0 Å². The van der Waals surface area contributed by atoms with Crippen molar-refractivity contribution in [2.75, 3.05) is 0 Å². The summed E-state index contributed by atoms with van der Waals surface area (Å²) in [7, 11) is 0. The quantitative estimate of drug-likeness (QED) is 0.344. The van der Waals surface area contributed by atoms with Crippen LogP contribution in [-0.2, 0) is 14.4 Å². The maximum absolute atomic E-state index is 10.2. The standard InChI is InChI=1S/3C7H14O2.H3P/c3*1-3-4-5-6(2)7(8)9;/h3*6H,3-5H2,1-2H3,(H,8,9);1H3. The van der Waals surface area contributed by atoms with Crippen LogP contribution in [0.2, 0.25) is 0 Å². The van der Waals surface area contributed by atoms with Crippen molar-refractivity contribution in [1.82, 2.24) is 0 Å². The third kappa shape index (κ3) is 27.1. The molecule has 0 rings (SSSR count). The van der Waals surface area contributed by atoms with Gasteiger partial charge in [0.25, 0.3) is 0 Å². The van der Waals surface area contributed by atoms with E-state index in [4.69, 9.17) is 15.3 Å². The van der Waals surface area contributed by atoms with Crippen molar-refractivity contribution in [2.45, 2.75) is 99.3 Å². The SMILES string of the molecule is CCCCC(C)C(=O)O.CCCCC(C)C(=O)O.CCCCC(C)C(=O)O.P. The Bertz CT molecular complexity index is 330. The Morgan fingerprint density at radius 2 is 0.750 bits per heavy atom. The third-order valence-corrected chi connectivity index (χ3v) is 4.24. The third-order valence-electron chi connectivity index (χ3n) is 4.24. The van der Waals surface area contributed by atoms with E-state index in [1.807, 2.05) is 0 Å². The molecule has 0 radical (unpaired) electrons. The fourth-order valence-electron chi connectivity index (χ4n) is 1.90. The van der Waals surface area contributed by atoms with Crippen molar-refractivity contribution in [3.8, 4) is 0 Å². The molecule has 0 fully saturated rings. The summed E-state index contributed by atoms with van der Waals surface area (Å²) in [6.45, 7) is 11.4. The normalized spacial score (nSPS) is 12.6. The van der Waals surface area contributed by atoms with Crippen molar-refractivity contribution in [2.24, 2.45) is 17.8 Å². The van der Waals surface area contributed by atoms with Gasteiger partial charge in [0.1, 0.15) is 0 Å². The smallest absolute Gasteiger partial charge is 0.306 e. The summed E-state index contributed by atoms with van der Waals surface area (Å²) in [5.74, 6) is -2.52. The highest BCUT2D eigenvalue weighted by Gasteiger charge is 2.09. The first-order valence-electron chi connectivity index (χ1n) is 10.2. The molecule has 0 aliphatic heterocycles. The Hall–Kier alpha value is -1.16. The molecule has 0 heterocycles. The zero-order chi connectivity index (χ0) is 21.8. The molecule has 3 N–H and O–H groups in total. The molecule has 0 bridgehead atoms. The van der Waals surface area contributed by atoms with E-state index in [-0.39, 0.29) is 27.7 Å². The Labute approximate surface area is 175 Å². The van der Waals surface area contributed by atoms with E-state index in [1.165, 1.54) is 0 Å². The number of carbonyl (C=O) groups is 3. The second-order valence-electron chi connectivity index (χ2n) is 7.14. The number of rotatable bonds is 12. The molecule has 4 atom stereocenters.